The number of rotatable bonds is 9. The Hall–Kier alpha value is -5.50. The molecule has 1 amide bonds. The quantitative estimate of drug-likeness (QED) is 0.130. The van der Waals surface area contributed by atoms with Crippen molar-refractivity contribution in [3.8, 4) is 22.7 Å². The summed E-state index contributed by atoms with van der Waals surface area (Å²) < 4.78 is 7.79. The number of hydrogen-bond donors (Lipinski definition) is 1. The average Bonchev–Trinajstić information content (AvgIpc) is 3.38. The van der Waals surface area contributed by atoms with E-state index in [4.69, 9.17) is 4.74 Å². The van der Waals surface area contributed by atoms with E-state index in [-0.39, 0.29) is 18.0 Å². The van der Waals surface area contributed by atoms with Gasteiger partial charge in [-0.15, -0.1) is 0 Å². The molecule has 0 aliphatic heterocycles. The molecule has 4 aromatic carbocycles. The van der Waals surface area contributed by atoms with E-state index in [0.29, 0.717) is 11.1 Å². The predicted molar refractivity (Wildman–Crippen MR) is 155 cm³/mol. The van der Waals surface area contributed by atoms with Gasteiger partial charge in [-0.25, -0.2) is 5.43 Å². The minimum absolute atomic E-state index is 0.156. The fourth-order valence-corrected chi connectivity index (χ4v) is 4.32. The number of hydrazone groups is 1. The maximum absolute atomic E-state index is 12.7. The van der Waals surface area contributed by atoms with E-state index in [1.807, 2.05) is 67.6 Å². The van der Waals surface area contributed by atoms with Crippen LogP contribution in [0, 0.1) is 17.0 Å². The maximum atomic E-state index is 12.7. The molecule has 0 aliphatic rings. The summed E-state index contributed by atoms with van der Waals surface area (Å²) in [4.78, 5) is 23.8. The van der Waals surface area contributed by atoms with Crippen LogP contribution in [-0.4, -0.2) is 21.6 Å². The lowest BCUT2D eigenvalue weighted by Gasteiger charge is -2.12. The minimum Gasteiger partial charge on any atom is -0.482 e. The number of nitrogens with zero attached hydrogens (tertiary/aromatic N) is 3. The van der Waals surface area contributed by atoms with Gasteiger partial charge in [0.25, 0.3) is 5.91 Å². The Kier molecular flexibility index (Phi) is 7.78. The van der Waals surface area contributed by atoms with Gasteiger partial charge in [0.05, 0.1) is 16.8 Å². The van der Waals surface area contributed by atoms with Crippen LogP contribution in [0.15, 0.2) is 120 Å². The lowest BCUT2D eigenvalue weighted by molar-refractivity contribution is -0.385. The van der Waals surface area contributed by atoms with Crippen molar-refractivity contribution in [2.75, 3.05) is 0 Å². The molecule has 0 bridgehead atoms. The highest BCUT2D eigenvalue weighted by atomic mass is 16.6. The monoisotopic (exact) mass is 530 g/mol. The van der Waals surface area contributed by atoms with Gasteiger partial charge < -0.3 is 9.30 Å². The molecule has 198 valence electrons. The van der Waals surface area contributed by atoms with Crippen molar-refractivity contribution in [3.05, 3.63) is 148 Å². The molecule has 1 heterocycles. The fraction of sp³-hybridized carbons (Fsp3) is 0.0625. The lowest BCUT2D eigenvalue weighted by atomic mass is 10.1. The van der Waals surface area contributed by atoms with Crippen molar-refractivity contribution in [1.82, 2.24) is 9.99 Å². The molecule has 0 saturated carbocycles. The highest BCUT2D eigenvalue weighted by molar-refractivity contribution is 5.95. The summed E-state index contributed by atoms with van der Waals surface area (Å²) in [5.74, 6) is -0.240. The zero-order valence-corrected chi connectivity index (χ0v) is 21.7. The van der Waals surface area contributed by atoms with Crippen LogP contribution in [0.3, 0.4) is 0 Å². The van der Waals surface area contributed by atoms with E-state index in [9.17, 15) is 14.9 Å². The Bertz CT molecular complexity index is 1660. The van der Waals surface area contributed by atoms with Crippen LogP contribution < -0.4 is 10.2 Å². The highest BCUT2D eigenvalue weighted by Gasteiger charge is 2.16. The van der Waals surface area contributed by atoms with Crippen molar-refractivity contribution in [1.29, 1.82) is 0 Å². The van der Waals surface area contributed by atoms with Crippen molar-refractivity contribution >= 4 is 17.8 Å². The van der Waals surface area contributed by atoms with Crippen LogP contribution in [0.4, 0.5) is 5.69 Å². The number of nitrogens with one attached hydrogen (secondary N) is 1. The first-order valence-electron chi connectivity index (χ1n) is 12.6. The van der Waals surface area contributed by atoms with Crippen molar-refractivity contribution < 1.29 is 14.5 Å². The second kappa shape index (κ2) is 11.9. The molecule has 0 radical (unpaired) electrons. The molecular weight excluding hydrogens is 504 g/mol. The van der Waals surface area contributed by atoms with Crippen molar-refractivity contribution in [2.45, 2.75) is 13.5 Å². The van der Waals surface area contributed by atoms with Crippen LogP contribution in [0.1, 0.15) is 27.2 Å². The molecule has 0 fully saturated rings. The van der Waals surface area contributed by atoms with Gasteiger partial charge in [-0.05, 0) is 66.6 Å². The number of amides is 1. The van der Waals surface area contributed by atoms with E-state index in [2.05, 4.69) is 39.4 Å². The SMILES string of the molecule is Cc1ccc(-c2ccccc2)n1-c1ccc(C(=O)N/N=C/c2ccc(OCc3ccccc3)c([N+](=O)[O-])c2)cc1. The standard InChI is InChI=1S/C32H26N4O4/c1-23-12-18-29(26-10-6-3-7-11-26)35(23)28-16-14-27(15-17-28)32(37)34-33-21-25-13-19-31(30(20-25)36(38)39)40-22-24-8-4-2-5-9-24/h2-21H,22H2,1H3,(H,34,37)/b33-21+. The second-order valence-electron chi connectivity index (χ2n) is 9.07. The Labute approximate surface area is 231 Å². The first kappa shape index (κ1) is 26.1. The molecule has 40 heavy (non-hydrogen) atoms. The highest BCUT2D eigenvalue weighted by Crippen LogP contribution is 2.29. The number of carbonyl (C=O) groups excluding carboxylic acids is 1. The van der Waals surface area contributed by atoms with Crippen LogP contribution in [-0.2, 0) is 6.61 Å². The third kappa shape index (κ3) is 5.97. The summed E-state index contributed by atoms with van der Waals surface area (Å²) >= 11 is 0. The number of aryl methyl sites for hydroxylation is 1. The summed E-state index contributed by atoms with van der Waals surface area (Å²) in [6.07, 6.45) is 1.36. The van der Waals surface area contributed by atoms with Crippen LogP contribution in [0.5, 0.6) is 5.75 Å². The number of ether oxygens (including phenoxy) is 1. The van der Waals surface area contributed by atoms with E-state index < -0.39 is 10.8 Å². The van der Waals surface area contributed by atoms with E-state index in [1.165, 1.54) is 18.3 Å². The number of aromatic nitrogens is 1. The molecule has 1 aromatic heterocycles. The summed E-state index contributed by atoms with van der Waals surface area (Å²) in [7, 11) is 0. The van der Waals surface area contributed by atoms with Gasteiger partial charge in [0.2, 0.25) is 0 Å². The van der Waals surface area contributed by atoms with Gasteiger partial charge >= 0.3 is 5.69 Å². The number of carbonyl (C=O) groups is 1. The van der Waals surface area contributed by atoms with Gasteiger partial charge in [-0.2, -0.15) is 5.10 Å². The largest absolute Gasteiger partial charge is 0.482 e. The fourth-order valence-electron chi connectivity index (χ4n) is 4.32. The van der Waals surface area contributed by atoms with Crippen LogP contribution in [0.2, 0.25) is 0 Å². The Balaban J connectivity index is 1.25. The van der Waals surface area contributed by atoms with Crippen molar-refractivity contribution in [2.24, 2.45) is 5.10 Å². The zero-order chi connectivity index (χ0) is 27.9. The Morgan fingerprint density at radius 2 is 1.62 bits per heavy atom. The summed E-state index contributed by atoms with van der Waals surface area (Å²) in [6.45, 7) is 2.25. The smallest absolute Gasteiger partial charge is 0.311 e. The maximum Gasteiger partial charge on any atom is 0.311 e. The molecule has 5 aromatic rings. The van der Waals surface area contributed by atoms with Crippen LogP contribution in [0.25, 0.3) is 16.9 Å². The molecule has 5 rings (SSSR count). The summed E-state index contributed by atoms with van der Waals surface area (Å²) in [5.41, 5.74) is 8.25. The molecule has 1 N–H and O–H groups in total. The summed E-state index contributed by atoms with van der Waals surface area (Å²) in [6, 6.07) is 35.4. The molecule has 0 aliphatic carbocycles. The molecule has 0 saturated heterocycles. The van der Waals surface area contributed by atoms with Crippen LogP contribution >= 0.6 is 0 Å². The van der Waals surface area contributed by atoms with Crippen molar-refractivity contribution in [3.63, 3.8) is 0 Å². The van der Waals surface area contributed by atoms with Gasteiger partial charge in [-0.3, -0.25) is 14.9 Å². The van der Waals surface area contributed by atoms with E-state index in [0.717, 1.165) is 28.2 Å². The van der Waals surface area contributed by atoms with Gasteiger partial charge in [0, 0.05) is 28.6 Å². The van der Waals surface area contributed by atoms with Gasteiger partial charge in [0.1, 0.15) is 6.61 Å². The van der Waals surface area contributed by atoms with E-state index >= 15 is 0 Å². The first-order chi connectivity index (χ1) is 19.5. The zero-order valence-electron chi connectivity index (χ0n) is 21.7. The molecule has 8 nitrogen and oxygen atoms in total. The average molecular weight is 531 g/mol. The number of nitro benzene ring substituents is 1. The molecule has 8 heteroatoms. The third-order valence-electron chi connectivity index (χ3n) is 6.33. The molecule has 0 spiro atoms. The van der Waals surface area contributed by atoms with Gasteiger partial charge in [0.15, 0.2) is 5.75 Å². The molecular formula is C32H26N4O4. The predicted octanol–water partition coefficient (Wildman–Crippen LogP) is 6.70. The normalized spacial score (nSPS) is 10.9. The first-order valence-corrected chi connectivity index (χ1v) is 12.6. The van der Waals surface area contributed by atoms with E-state index in [1.54, 1.807) is 18.2 Å². The topological polar surface area (TPSA) is 98.8 Å². The number of nitro groups is 1. The summed E-state index contributed by atoms with van der Waals surface area (Å²) in [5, 5.41) is 15.6. The lowest BCUT2D eigenvalue weighted by Crippen LogP contribution is -2.17. The number of benzene rings is 4. The number of hydrogen-bond acceptors (Lipinski definition) is 5. The second-order valence-corrected chi connectivity index (χ2v) is 9.07. The molecule has 0 unspecified atom stereocenters. The third-order valence-corrected chi connectivity index (χ3v) is 6.33. The molecule has 0 atom stereocenters. The Morgan fingerprint density at radius 3 is 2.33 bits per heavy atom. The van der Waals surface area contributed by atoms with Gasteiger partial charge in [-0.1, -0.05) is 60.7 Å². The Morgan fingerprint density at radius 1 is 0.925 bits per heavy atom. The minimum atomic E-state index is -0.506.